The zero-order valence-corrected chi connectivity index (χ0v) is 9.30. The van der Waals surface area contributed by atoms with Crippen LogP contribution in [0.1, 0.15) is 5.56 Å². The lowest BCUT2D eigenvalue weighted by Gasteiger charge is -2.10. The second kappa shape index (κ2) is 5.54. The van der Waals surface area contributed by atoms with E-state index in [0.29, 0.717) is 23.6 Å². The Balaban J connectivity index is 3.11. The molecule has 0 amide bonds. The van der Waals surface area contributed by atoms with Gasteiger partial charge in [-0.25, -0.2) is 0 Å². The Kier molecular flexibility index (Phi) is 4.35. The van der Waals surface area contributed by atoms with Gasteiger partial charge in [0.15, 0.2) is 0 Å². The van der Waals surface area contributed by atoms with Crippen molar-refractivity contribution in [3.63, 3.8) is 0 Å². The Morgan fingerprint density at radius 3 is 2.87 bits per heavy atom. The summed E-state index contributed by atoms with van der Waals surface area (Å²) < 4.78 is 5.19. The van der Waals surface area contributed by atoms with Crippen molar-refractivity contribution in [2.75, 3.05) is 13.7 Å². The molecule has 0 aliphatic carbocycles. The molecule has 80 valence electrons. The topological polar surface area (TPSA) is 55.5 Å². The largest absolute Gasteiger partial charge is 0.507 e. The first kappa shape index (κ1) is 11.8. The Hall–Kier alpha value is -1.31. The van der Waals surface area contributed by atoms with E-state index >= 15 is 0 Å². The number of aromatic hydroxyl groups is 1. The zero-order valence-electron chi connectivity index (χ0n) is 8.49. The van der Waals surface area contributed by atoms with E-state index in [1.165, 1.54) is 0 Å². The van der Waals surface area contributed by atoms with Crippen LogP contribution in [0.15, 0.2) is 17.0 Å². The maximum atomic E-state index is 9.66. The summed E-state index contributed by atoms with van der Waals surface area (Å²) in [6, 6.07) is 3.37. The Bertz CT molecular complexity index is 385. The van der Waals surface area contributed by atoms with Crippen molar-refractivity contribution in [1.29, 1.82) is 0 Å². The molecule has 1 aromatic rings. The van der Waals surface area contributed by atoms with Crippen molar-refractivity contribution in [1.82, 2.24) is 0 Å². The van der Waals surface area contributed by atoms with Crippen LogP contribution in [-0.4, -0.2) is 18.8 Å². The Morgan fingerprint density at radius 2 is 2.33 bits per heavy atom. The van der Waals surface area contributed by atoms with Gasteiger partial charge in [0.1, 0.15) is 11.5 Å². The fourth-order valence-corrected chi connectivity index (χ4v) is 1.74. The van der Waals surface area contributed by atoms with Crippen molar-refractivity contribution < 1.29 is 9.84 Å². The second-order valence-corrected chi connectivity index (χ2v) is 3.77. The zero-order chi connectivity index (χ0) is 11.3. The summed E-state index contributed by atoms with van der Waals surface area (Å²) in [6.07, 6.45) is 5.82. The van der Waals surface area contributed by atoms with Gasteiger partial charge in [0.25, 0.3) is 0 Å². The molecule has 0 saturated heterocycles. The molecule has 15 heavy (non-hydrogen) atoms. The predicted octanol–water partition coefficient (Wildman–Crippen LogP) is 1.58. The number of ether oxygens (including phenoxy) is 1. The lowest BCUT2D eigenvalue weighted by atomic mass is 10.1. The molecule has 0 aromatic heterocycles. The summed E-state index contributed by atoms with van der Waals surface area (Å²) in [6.45, 7) is 0.511. The van der Waals surface area contributed by atoms with E-state index < -0.39 is 0 Å². The first-order valence-corrected chi connectivity index (χ1v) is 5.27. The van der Waals surface area contributed by atoms with Crippen LogP contribution in [0.25, 0.3) is 0 Å². The highest BCUT2D eigenvalue weighted by Gasteiger charge is 2.09. The van der Waals surface area contributed by atoms with E-state index in [2.05, 4.69) is 5.25 Å². The Morgan fingerprint density at radius 1 is 1.60 bits per heavy atom. The monoisotopic (exact) mass is 223 g/mol. The number of phenolic OH excluding ortho intramolecular Hbond substituents is 1. The molecule has 0 spiro atoms. The summed E-state index contributed by atoms with van der Waals surface area (Å²) in [5.74, 6) is 0.873. The number of hydrogen-bond acceptors (Lipinski definition) is 4. The first-order valence-electron chi connectivity index (χ1n) is 4.45. The van der Waals surface area contributed by atoms with E-state index in [1.807, 2.05) is 0 Å². The van der Waals surface area contributed by atoms with Crippen molar-refractivity contribution in [3.05, 3.63) is 17.7 Å². The van der Waals surface area contributed by atoms with Crippen LogP contribution >= 0.6 is 11.8 Å². The molecule has 3 nitrogen and oxygen atoms in total. The van der Waals surface area contributed by atoms with E-state index in [9.17, 15) is 5.11 Å². The molecule has 0 bridgehead atoms. The van der Waals surface area contributed by atoms with Crippen molar-refractivity contribution in [2.24, 2.45) is 5.73 Å². The molecule has 0 heterocycles. The van der Waals surface area contributed by atoms with Gasteiger partial charge in [-0.15, -0.1) is 6.42 Å². The van der Waals surface area contributed by atoms with E-state index in [1.54, 1.807) is 19.2 Å². The summed E-state index contributed by atoms with van der Waals surface area (Å²) in [4.78, 5) is 0.620. The smallest absolute Gasteiger partial charge is 0.130 e. The van der Waals surface area contributed by atoms with Crippen LogP contribution in [0.4, 0.5) is 0 Å². The SMILES string of the molecule is C#CSc1cc(OC)c(CCN)cc1O. The van der Waals surface area contributed by atoms with Gasteiger partial charge in [0, 0.05) is 0 Å². The molecule has 0 unspecified atom stereocenters. The fourth-order valence-electron chi connectivity index (χ4n) is 1.28. The standard InChI is InChI=1S/C11H13NO2S/c1-3-15-11-7-10(14-2)8(4-5-12)6-9(11)13/h1,6-7,13H,4-5,12H2,2H3. The number of nitrogens with two attached hydrogens (primary N) is 1. The number of methoxy groups -OCH3 is 1. The Labute approximate surface area is 93.6 Å². The van der Waals surface area contributed by atoms with Crippen LogP contribution in [0.2, 0.25) is 0 Å². The van der Waals surface area contributed by atoms with Gasteiger partial charge in [-0.3, -0.25) is 0 Å². The molecule has 0 fully saturated rings. The molecular weight excluding hydrogens is 210 g/mol. The molecule has 3 N–H and O–H groups in total. The maximum absolute atomic E-state index is 9.66. The predicted molar refractivity (Wildman–Crippen MR) is 62.1 cm³/mol. The summed E-state index contributed by atoms with van der Waals surface area (Å²) >= 11 is 1.12. The number of hydrogen-bond donors (Lipinski definition) is 2. The molecule has 1 aromatic carbocycles. The van der Waals surface area contributed by atoms with Gasteiger partial charge in [0.2, 0.25) is 0 Å². The molecule has 0 atom stereocenters. The van der Waals surface area contributed by atoms with Gasteiger partial charge in [0.05, 0.1) is 12.0 Å². The quantitative estimate of drug-likeness (QED) is 0.601. The molecule has 0 saturated carbocycles. The van der Waals surface area contributed by atoms with E-state index in [-0.39, 0.29) is 5.75 Å². The molecular formula is C11H13NO2S. The molecule has 1 rings (SSSR count). The van der Waals surface area contributed by atoms with Crippen LogP contribution < -0.4 is 10.5 Å². The summed E-state index contributed by atoms with van der Waals surface area (Å²) in [5.41, 5.74) is 6.34. The van der Waals surface area contributed by atoms with Gasteiger partial charge < -0.3 is 15.6 Å². The molecule has 0 aliphatic rings. The molecule has 0 aliphatic heterocycles. The number of rotatable bonds is 4. The normalized spacial score (nSPS) is 9.67. The highest BCUT2D eigenvalue weighted by atomic mass is 32.2. The van der Waals surface area contributed by atoms with Crippen LogP contribution in [0.5, 0.6) is 11.5 Å². The van der Waals surface area contributed by atoms with Crippen molar-refractivity contribution >= 4 is 11.8 Å². The minimum absolute atomic E-state index is 0.169. The third kappa shape index (κ3) is 2.82. The third-order valence-electron chi connectivity index (χ3n) is 1.94. The van der Waals surface area contributed by atoms with Crippen LogP contribution in [-0.2, 0) is 6.42 Å². The summed E-state index contributed by atoms with van der Waals surface area (Å²) in [7, 11) is 1.58. The highest BCUT2D eigenvalue weighted by Crippen LogP contribution is 2.34. The van der Waals surface area contributed by atoms with Crippen molar-refractivity contribution in [2.45, 2.75) is 11.3 Å². The van der Waals surface area contributed by atoms with E-state index in [4.69, 9.17) is 16.9 Å². The number of thioether (sulfide) groups is 1. The average molecular weight is 223 g/mol. The minimum Gasteiger partial charge on any atom is -0.507 e. The van der Waals surface area contributed by atoms with Gasteiger partial charge in [-0.1, -0.05) is 0 Å². The fraction of sp³-hybridized carbons (Fsp3) is 0.273. The average Bonchev–Trinajstić information content (AvgIpc) is 2.22. The third-order valence-corrected chi connectivity index (χ3v) is 2.61. The minimum atomic E-state index is 0.169. The van der Waals surface area contributed by atoms with Crippen LogP contribution in [0, 0.1) is 11.7 Å². The van der Waals surface area contributed by atoms with Gasteiger partial charge >= 0.3 is 0 Å². The second-order valence-electron chi connectivity index (χ2n) is 2.89. The number of benzene rings is 1. The molecule has 4 heteroatoms. The molecule has 0 radical (unpaired) electrons. The first-order chi connectivity index (χ1) is 7.22. The lowest BCUT2D eigenvalue weighted by molar-refractivity contribution is 0.403. The summed E-state index contributed by atoms with van der Waals surface area (Å²) in [5, 5.41) is 12.1. The van der Waals surface area contributed by atoms with E-state index in [0.717, 1.165) is 17.3 Å². The maximum Gasteiger partial charge on any atom is 0.130 e. The highest BCUT2D eigenvalue weighted by molar-refractivity contribution is 8.04. The lowest BCUT2D eigenvalue weighted by Crippen LogP contribution is -2.04. The van der Waals surface area contributed by atoms with Gasteiger partial charge in [-0.05, 0) is 47.7 Å². The number of phenols is 1. The number of terminal acetylenes is 1. The van der Waals surface area contributed by atoms with Crippen molar-refractivity contribution in [3.8, 4) is 23.2 Å². The van der Waals surface area contributed by atoms with Gasteiger partial charge in [-0.2, -0.15) is 0 Å². The van der Waals surface area contributed by atoms with Crippen LogP contribution in [0.3, 0.4) is 0 Å².